The highest BCUT2D eigenvalue weighted by atomic mass is 35.5. The van der Waals surface area contributed by atoms with E-state index < -0.39 is 11.8 Å². The van der Waals surface area contributed by atoms with Crippen LogP contribution in [0.4, 0.5) is 10.3 Å². The van der Waals surface area contributed by atoms with Crippen LogP contribution in [0.3, 0.4) is 0 Å². The monoisotopic (exact) mass is 506 g/mol. The number of anilines is 1. The number of halogens is 2. The van der Waals surface area contributed by atoms with Gasteiger partial charge in [-0.3, -0.25) is 9.59 Å². The number of carboxylic acid groups (broad SMARTS) is 1. The fourth-order valence-corrected chi connectivity index (χ4v) is 4.18. The van der Waals surface area contributed by atoms with Crippen molar-refractivity contribution in [3.63, 3.8) is 0 Å². The van der Waals surface area contributed by atoms with E-state index in [4.69, 9.17) is 21.4 Å². The molecule has 0 unspecified atom stereocenters. The average molecular weight is 507 g/mol. The van der Waals surface area contributed by atoms with Crippen LogP contribution in [0, 0.1) is 11.7 Å². The van der Waals surface area contributed by atoms with Crippen LogP contribution in [0.15, 0.2) is 30.6 Å². The maximum absolute atomic E-state index is 14.4. The standard InChI is InChI=1S/C25H32ClFN4O4/c26-20-16-29-25(30-17-20)31-11-8-18(9-12-31)4-3-13-35-21-7-6-19(22(27)15-21)14-23(32)28-10-2-1-5-24(33)34/h6-7,15-18H,1-5,8-14H2,(H,28,32)(H,33,34). The number of aliphatic carboxylic acids is 1. The van der Waals surface area contributed by atoms with Crippen LogP contribution in [0.1, 0.15) is 50.5 Å². The molecule has 3 rings (SSSR count). The topological polar surface area (TPSA) is 105 Å². The molecule has 1 amide bonds. The highest BCUT2D eigenvalue weighted by Gasteiger charge is 2.20. The Morgan fingerprint density at radius 3 is 2.60 bits per heavy atom. The van der Waals surface area contributed by atoms with Gasteiger partial charge in [0.25, 0.3) is 0 Å². The molecule has 8 nitrogen and oxygen atoms in total. The minimum absolute atomic E-state index is 0.0647. The Kier molecular flexibility index (Phi) is 10.5. The van der Waals surface area contributed by atoms with Gasteiger partial charge in [0.2, 0.25) is 11.9 Å². The number of aromatic nitrogens is 2. The Bertz CT molecular complexity index is 968. The number of amides is 1. The van der Waals surface area contributed by atoms with Crippen LogP contribution in [0.25, 0.3) is 0 Å². The first-order chi connectivity index (χ1) is 16.9. The molecule has 10 heteroatoms. The van der Waals surface area contributed by atoms with E-state index in [1.807, 2.05) is 0 Å². The molecule has 0 bridgehead atoms. The average Bonchev–Trinajstić information content (AvgIpc) is 2.84. The molecular formula is C25H32ClFN4O4. The highest BCUT2D eigenvalue weighted by Crippen LogP contribution is 2.25. The number of nitrogens with one attached hydrogen (secondary N) is 1. The van der Waals surface area contributed by atoms with Crippen LogP contribution in [-0.4, -0.2) is 53.2 Å². The van der Waals surface area contributed by atoms with Gasteiger partial charge in [-0.1, -0.05) is 17.7 Å². The number of carboxylic acids is 1. The molecule has 2 aromatic rings. The minimum Gasteiger partial charge on any atom is -0.493 e. The summed E-state index contributed by atoms with van der Waals surface area (Å²) < 4.78 is 20.1. The van der Waals surface area contributed by atoms with Crippen LogP contribution >= 0.6 is 11.6 Å². The summed E-state index contributed by atoms with van der Waals surface area (Å²) in [6.45, 7) is 2.71. The molecule has 1 aliphatic rings. The summed E-state index contributed by atoms with van der Waals surface area (Å²) in [5, 5.41) is 11.8. The first kappa shape index (κ1) is 26.7. The molecule has 0 radical (unpaired) electrons. The van der Waals surface area contributed by atoms with Gasteiger partial charge >= 0.3 is 5.97 Å². The molecule has 35 heavy (non-hydrogen) atoms. The number of hydrogen-bond acceptors (Lipinski definition) is 6. The summed E-state index contributed by atoms with van der Waals surface area (Å²) in [5.74, 6) is 0.169. The van der Waals surface area contributed by atoms with Gasteiger partial charge in [-0.25, -0.2) is 14.4 Å². The maximum Gasteiger partial charge on any atom is 0.303 e. The predicted octanol–water partition coefficient (Wildman–Crippen LogP) is 4.26. The van der Waals surface area contributed by atoms with Crippen LogP contribution in [0.5, 0.6) is 5.75 Å². The zero-order valence-electron chi connectivity index (χ0n) is 19.7. The molecule has 1 fully saturated rings. The Hall–Kier alpha value is -2.94. The van der Waals surface area contributed by atoms with E-state index in [1.165, 1.54) is 6.07 Å². The van der Waals surface area contributed by atoms with Crippen molar-refractivity contribution in [1.29, 1.82) is 0 Å². The molecule has 0 aliphatic carbocycles. The number of unbranched alkanes of at least 4 members (excludes halogenated alkanes) is 1. The Labute approximate surface area is 209 Å². The molecular weight excluding hydrogens is 475 g/mol. The van der Waals surface area contributed by atoms with Gasteiger partial charge in [0.05, 0.1) is 30.4 Å². The molecule has 1 aromatic heterocycles. The van der Waals surface area contributed by atoms with E-state index in [-0.39, 0.29) is 18.7 Å². The second-order valence-electron chi connectivity index (χ2n) is 8.75. The third-order valence-corrected chi connectivity index (χ3v) is 6.24. The third kappa shape index (κ3) is 9.32. The quantitative estimate of drug-likeness (QED) is 0.391. The zero-order chi connectivity index (χ0) is 25.0. The summed E-state index contributed by atoms with van der Waals surface area (Å²) in [6.07, 6.45) is 8.37. The fraction of sp³-hybridized carbons (Fsp3) is 0.520. The van der Waals surface area contributed by atoms with E-state index in [0.29, 0.717) is 48.2 Å². The number of ether oxygens (including phenoxy) is 1. The van der Waals surface area contributed by atoms with Gasteiger partial charge in [-0.2, -0.15) is 0 Å². The summed E-state index contributed by atoms with van der Waals surface area (Å²) in [6, 6.07) is 4.58. The van der Waals surface area contributed by atoms with E-state index in [0.717, 1.165) is 44.7 Å². The minimum atomic E-state index is -0.855. The first-order valence-corrected chi connectivity index (χ1v) is 12.4. The van der Waals surface area contributed by atoms with Gasteiger partial charge in [-0.15, -0.1) is 0 Å². The maximum atomic E-state index is 14.4. The van der Waals surface area contributed by atoms with Crippen molar-refractivity contribution in [3.05, 3.63) is 47.0 Å². The normalized spacial score (nSPS) is 14.1. The fourth-order valence-electron chi connectivity index (χ4n) is 4.08. The number of hydrogen-bond donors (Lipinski definition) is 2. The molecule has 2 heterocycles. The molecule has 1 saturated heterocycles. The SMILES string of the molecule is O=C(O)CCCCNC(=O)Cc1ccc(OCCCC2CCN(c3ncc(Cl)cn3)CC2)cc1F. The lowest BCUT2D eigenvalue weighted by atomic mass is 9.92. The smallest absolute Gasteiger partial charge is 0.303 e. The molecule has 0 saturated carbocycles. The van der Waals surface area contributed by atoms with Gasteiger partial charge in [-0.05, 0) is 56.1 Å². The van der Waals surface area contributed by atoms with Crippen molar-refractivity contribution in [2.45, 2.75) is 51.4 Å². The summed E-state index contributed by atoms with van der Waals surface area (Å²) in [7, 11) is 0. The number of benzene rings is 1. The van der Waals surface area contributed by atoms with Crippen molar-refractivity contribution >= 4 is 29.4 Å². The molecule has 0 atom stereocenters. The number of rotatable bonds is 13. The van der Waals surface area contributed by atoms with E-state index in [2.05, 4.69) is 20.2 Å². The molecule has 0 spiro atoms. The van der Waals surface area contributed by atoms with Gasteiger partial charge in [0, 0.05) is 32.1 Å². The Morgan fingerprint density at radius 2 is 1.91 bits per heavy atom. The molecule has 2 N–H and O–H groups in total. The summed E-state index contributed by atoms with van der Waals surface area (Å²) in [5.41, 5.74) is 0.303. The molecule has 1 aromatic carbocycles. The van der Waals surface area contributed by atoms with Crippen molar-refractivity contribution in [2.75, 3.05) is 31.1 Å². The van der Waals surface area contributed by atoms with Crippen molar-refractivity contribution in [3.8, 4) is 5.75 Å². The Morgan fingerprint density at radius 1 is 1.17 bits per heavy atom. The van der Waals surface area contributed by atoms with Crippen molar-refractivity contribution in [1.82, 2.24) is 15.3 Å². The highest BCUT2D eigenvalue weighted by molar-refractivity contribution is 6.30. The van der Waals surface area contributed by atoms with Gasteiger partial charge < -0.3 is 20.1 Å². The number of nitrogens with zero attached hydrogens (tertiary/aromatic N) is 3. The lowest BCUT2D eigenvalue weighted by Crippen LogP contribution is -2.34. The van der Waals surface area contributed by atoms with Crippen LogP contribution < -0.4 is 15.0 Å². The van der Waals surface area contributed by atoms with Crippen molar-refractivity contribution in [2.24, 2.45) is 5.92 Å². The van der Waals surface area contributed by atoms with Gasteiger partial charge in [0.1, 0.15) is 11.6 Å². The zero-order valence-corrected chi connectivity index (χ0v) is 20.5. The largest absolute Gasteiger partial charge is 0.493 e. The second kappa shape index (κ2) is 13.8. The van der Waals surface area contributed by atoms with E-state index >= 15 is 0 Å². The van der Waals surface area contributed by atoms with Gasteiger partial charge in [0.15, 0.2) is 0 Å². The number of carbonyl (C=O) groups excluding carboxylic acids is 1. The lowest BCUT2D eigenvalue weighted by molar-refractivity contribution is -0.137. The van der Waals surface area contributed by atoms with Crippen molar-refractivity contribution < 1.29 is 23.8 Å². The molecule has 1 aliphatic heterocycles. The van der Waals surface area contributed by atoms with Crippen LogP contribution in [0.2, 0.25) is 5.02 Å². The summed E-state index contributed by atoms with van der Waals surface area (Å²) in [4.78, 5) is 33.2. The molecule has 190 valence electrons. The van der Waals surface area contributed by atoms with E-state index in [9.17, 15) is 14.0 Å². The van der Waals surface area contributed by atoms with Crippen LogP contribution in [-0.2, 0) is 16.0 Å². The number of piperidine rings is 1. The second-order valence-corrected chi connectivity index (χ2v) is 9.19. The van der Waals surface area contributed by atoms with E-state index in [1.54, 1.807) is 24.5 Å². The predicted molar refractivity (Wildman–Crippen MR) is 131 cm³/mol. The third-order valence-electron chi connectivity index (χ3n) is 6.04. The number of carbonyl (C=O) groups is 2. The first-order valence-electron chi connectivity index (χ1n) is 12.0. The Balaban J connectivity index is 1.30. The summed E-state index contributed by atoms with van der Waals surface area (Å²) >= 11 is 5.85. The lowest BCUT2D eigenvalue weighted by Gasteiger charge is -2.31.